The molecular weight excluding hydrogens is 419 g/mol. The molecule has 0 atom stereocenters. The number of aromatic hydroxyl groups is 1. The molecule has 0 unspecified atom stereocenters. The zero-order valence-electron chi connectivity index (χ0n) is 17.8. The van der Waals surface area contributed by atoms with E-state index in [0.29, 0.717) is 40.3 Å². The van der Waals surface area contributed by atoms with Crippen LogP contribution in [0.3, 0.4) is 0 Å². The van der Waals surface area contributed by atoms with Gasteiger partial charge in [-0.25, -0.2) is 0 Å². The Bertz CT molecular complexity index is 1090. The van der Waals surface area contributed by atoms with E-state index in [-0.39, 0.29) is 11.7 Å². The zero-order chi connectivity index (χ0) is 23.3. The van der Waals surface area contributed by atoms with Crippen molar-refractivity contribution in [2.24, 2.45) is 0 Å². The number of benzene rings is 3. The van der Waals surface area contributed by atoms with E-state index in [1.165, 1.54) is 18.2 Å². The SMILES string of the molecule is CCCCOc1cc(C(=O)Nc2ccc(O)c(C)c2)ccc1-c1ccc(C(F)(F)F)cc1. The number of nitrogens with one attached hydrogen (secondary N) is 1. The van der Waals surface area contributed by atoms with Crippen LogP contribution in [0.5, 0.6) is 11.5 Å². The smallest absolute Gasteiger partial charge is 0.416 e. The number of aryl methyl sites for hydroxylation is 1. The van der Waals surface area contributed by atoms with Crippen molar-refractivity contribution in [2.75, 3.05) is 11.9 Å². The number of carbonyl (C=O) groups excluding carboxylic acids is 1. The summed E-state index contributed by atoms with van der Waals surface area (Å²) in [6.07, 6.45) is -2.70. The number of hydrogen-bond donors (Lipinski definition) is 2. The number of anilines is 1. The van der Waals surface area contributed by atoms with Crippen molar-refractivity contribution >= 4 is 11.6 Å². The second-order valence-corrected chi connectivity index (χ2v) is 7.44. The molecule has 7 heteroatoms. The minimum atomic E-state index is -4.41. The molecule has 0 saturated carbocycles. The first kappa shape index (κ1) is 23.2. The van der Waals surface area contributed by atoms with E-state index in [9.17, 15) is 23.1 Å². The number of ether oxygens (including phenoxy) is 1. The molecule has 2 N–H and O–H groups in total. The van der Waals surface area contributed by atoms with E-state index in [1.54, 1.807) is 37.3 Å². The standard InChI is InChI=1S/C25H24F3NO3/c1-3-4-13-32-23-15-18(24(31)29-20-10-12-22(30)16(2)14-20)7-11-21(23)17-5-8-19(9-6-17)25(26,27)28/h5-12,14-15,30H,3-4,13H2,1-2H3,(H,29,31). The van der Waals surface area contributed by atoms with E-state index in [0.717, 1.165) is 25.0 Å². The van der Waals surface area contributed by atoms with E-state index < -0.39 is 11.7 Å². The lowest BCUT2D eigenvalue weighted by molar-refractivity contribution is -0.137. The molecule has 0 heterocycles. The van der Waals surface area contributed by atoms with E-state index in [2.05, 4.69) is 5.32 Å². The molecule has 32 heavy (non-hydrogen) atoms. The Kier molecular flexibility index (Phi) is 7.08. The molecule has 1 amide bonds. The third-order valence-electron chi connectivity index (χ3n) is 4.98. The van der Waals surface area contributed by atoms with Crippen LogP contribution in [0.4, 0.5) is 18.9 Å². The molecule has 0 radical (unpaired) electrons. The molecule has 0 aliphatic carbocycles. The molecule has 0 bridgehead atoms. The van der Waals surface area contributed by atoms with Crippen LogP contribution in [-0.4, -0.2) is 17.6 Å². The molecule has 0 aromatic heterocycles. The summed E-state index contributed by atoms with van der Waals surface area (Å²) in [6.45, 7) is 4.17. The summed E-state index contributed by atoms with van der Waals surface area (Å²) in [5.41, 5.74) is 1.94. The van der Waals surface area contributed by atoms with Gasteiger partial charge in [0.05, 0.1) is 12.2 Å². The molecule has 0 aliphatic heterocycles. The fourth-order valence-electron chi connectivity index (χ4n) is 3.12. The molecule has 168 valence electrons. The Labute approximate surface area is 184 Å². The highest BCUT2D eigenvalue weighted by atomic mass is 19.4. The highest BCUT2D eigenvalue weighted by Crippen LogP contribution is 2.35. The van der Waals surface area contributed by atoms with Crippen molar-refractivity contribution in [3.05, 3.63) is 77.4 Å². The Morgan fingerprint density at radius 2 is 1.75 bits per heavy atom. The normalized spacial score (nSPS) is 11.3. The number of hydrogen-bond acceptors (Lipinski definition) is 3. The van der Waals surface area contributed by atoms with Gasteiger partial charge in [-0.05, 0) is 73.0 Å². The fourth-order valence-corrected chi connectivity index (χ4v) is 3.12. The topological polar surface area (TPSA) is 58.6 Å². The van der Waals surface area contributed by atoms with Crippen molar-refractivity contribution in [2.45, 2.75) is 32.9 Å². The molecule has 0 fully saturated rings. The molecular formula is C25H24F3NO3. The minimum absolute atomic E-state index is 0.135. The van der Waals surface area contributed by atoms with Gasteiger partial charge in [0, 0.05) is 16.8 Å². The van der Waals surface area contributed by atoms with Crippen molar-refractivity contribution < 1.29 is 27.8 Å². The third-order valence-corrected chi connectivity index (χ3v) is 4.98. The first-order valence-electron chi connectivity index (χ1n) is 10.2. The van der Waals surface area contributed by atoms with Crippen molar-refractivity contribution in [1.29, 1.82) is 0 Å². The predicted octanol–water partition coefficient (Wildman–Crippen LogP) is 6.82. The van der Waals surface area contributed by atoms with E-state index in [4.69, 9.17) is 4.74 Å². The van der Waals surface area contributed by atoms with Gasteiger partial charge in [0.25, 0.3) is 5.91 Å². The molecule has 3 rings (SSSR count). The average Bonchev–Trinajstić information content (AvgIpc) is 2.76. The Hall–Kier alpha value is -3.48. The van der Waals surface area contributed by atoms with Crippen LogP contribution >= 0.6 is 0 Å². The van der Waals surface area contributed by atoms with Gasteiger partial charge < -0.3 is 15.2 Å². The van der Waals surface area contributed by atoms with Crippen LogP contribution in [0.25, 0.3) is 11.1 Å². The number of amides is 1. The molecule has 0 saturated heterocycles. The molecule has 4 nitrogen and oxygen atoms in total. The number of phenols is 1. The third kappa shape index (κ3) is 5.60. The van der Waals surface area contributed by atoms with Crippen LogP contribution < -0.4 is 10.1 Å². The lowest BCUT2D eigenvalue weighted by atomic mass is 10.0. The lowest BCUT2D eigenvalue weighted by Gasteiger charge is -2.15. The van der Waals surface area contributed by atoms with Crippen LogP contribution in [0.15, 0.2) is 60.7 Å². The maximum Gasteiger partial charge on any atom is 0.416 e. The van der Waals surface area contributed by atoms with Gasteiger partial charge in [-0.2, -0.15) is 13.2 Å². The summed E-state index contributed by atoms with van der Waals surface area (Å²) in [7, 11) is 0. The Morgan fingerprint density at radius 1 is 1.03 bits per heavy atom. The van der Waals surface area contributed by atoms with Crippen LogP contribution in [-0.2, 0) is 6.18 Å². The second kappa shape index (κ2) is 9.77. The first-order chi connectivity index (χ1) is 15.2. The number of rotatable bonds is 7. The monoisotopic (exact) mass is 443 g/mol. The van der Waals surface area contributed by atoms with Crippen LogP contribution in [0.2, 0.25) is 0 Å². The number of alkyl halides is 3. The number of unbranched alkanes of at least 4 members (excludes halogenated alkanes) is 1. The first-order valence-corrected chi connectivity index (χ1v) is 10.2. The molecule has 0 spiro atoms. The molecule has 0 aliphatic rings. The summed E-state index contributed by atoms with van der Waals surface area (Å²) in [6, 6.07) is 14.4. The maximum atomic E-state index is 12.9. The Balaban J connectivity index is 1.90. The van der Waals surface area contributed by atoms with E-state index >= 15 is 0 Å². The number of carbonyl (C=O) groups is 1. The Morgan fingerprint density at radius 3 is 2.38 bits per heavy atom. The van der Waals surface area contributed by atoms with Gasteiger partial charge in [0.1, 0.15) is 11.5 Å². The number of phenolic OH excluding ortho intramolecular Hbond substituents is 1. The zero-order valence-corrected chi connectivity index (χ0v) is 17.8. The van der Waals surface area contributed by atoms with Gasteiger partial charge in [-0.1, -0.05) is 25.5 Å². The second-order valence-electron chi connectivity index (χ2n) is 7.44. The largest absolute Gasteiger partial charge is 0.508 e. The maximum absolute atomic E-state index is 12.9. The fraction of sp³-hybridized carbons (Fsp3) is 0.240. The van der Waals surface area contributed by atoms with Gasteiger partial charge in [-0.3, -0.25) is 4.79 Å². The van der Waals surface area contributed by atoms with Crippen molar-refractivity contribution in [1.82, 2.24) is 0 Å². The number of halogens is 3. The van der Waals surface area contributed by atoms with Gasteiger partial charge in [0.15, 0.2) is 0 Å². The lowest BCUT2D eigenvalue weighted by Crippen LogP contribution is -2.12. The predicted molar refractivity (Wildman–Crippen MR) is 118 cm³/mol. The summed E-state index contributed by atoms with van der Waals surface area (Å²) in [4.78, 5) is 12.7. The summed E-state index contributed by atoms with van der Waals surface area (Å²) < 4.78 is 44.5. The highest BCUT2D eigenvalue weighted by Gasteiger charge is 2.30. The van der Waals surface area contributed by atoms with Gasteiger partial charge >= 0.3 is 6.18 Å². The van der Waals surface area contributed by atoms with Crippen LogP contribution in [0.1, 0.15) is 41.3 Å². The van der Waals surface area contributed by atoms with E-state index in [1.807, 2.05) is 6.92 Å². The minimum Gasteiger partial charge on any atom is -0.508 e. The summed E-state index contributed by atoms with van der Waals surface area (Å²) in [5.74, 6) is 0.192. The summed E-state index contributed by atoms with van der Waals surface area (Å²) >= 11 is 0. The quantitative estimate of drug-likeness (QED) is 0.311. The van der Waals surface area contributed by atoms with Crippen molar-refractivity contribution in [3.63, 3.8) is 0 Å². The van der Waals surface area contributed by atoms with Crippen molar-refractivity contribution in [3.8, 4) is 22.6 Å². The summed E-state index contributed by atoms with van der Waals surface area (Å²) in [5, 5.41) is 12.4. The molecule has 3 aromatic carbocycles. The van der Waals surface area contributed by atoms with Crippen LogP contribution in [0, 0.1) is 6.92 Å². The molecule has 3 aromatic rings. The van der Waals surface area contributed by atoms with Gasteiger partial charge in [0.2, 0.25) is 0 Å². The van der Waals surface area contributed by atoms with Gasteiger partial charge in [-0.15, -0.1) is 0 Å². The average molecular weight is 443 g/mol. The highest BCUT2D eigenvalue weighted by molar-refractivity contribution is 6.05.